The summed E-state index contributed by atoms with van der Waals surface area (Å²) in [5, 5.41) is 8.51. The minimum atomic E-state index is -1.87. The average molecular weight is 180 g/mol. The van der Waals surface area contributed by atoms with Gasteiger partial charge in [-0.2, -0.15) is 0 Å². The van der Waals surface area contributed by atoms with Crippen molar-refractivity contribution in [2.24, 2.45) is 0 Å². The molecule has 0 aliphatic carbocycles. The first kappa shape index (κ1) is 4.77. The molecule has 1 aromatic carbocycles. The highest BCUT2D eigenvalue weighted by atomic mass is 16.4. The van der Waals surface area contributed by atoms with Gasteiger partial charge in [0.1, 0.15) is 0 Å². The zero-order valence-corrected chi connectivity index (χ0v) is 6.21. The first-order chi connectivity index (χ1) is 7.82. The average Bonchev–Trinajstić information content (AvgIpc) is 2.27. The molecule has 1 rings (SSSR count). The zero-order valence-electron chi connectivity index (χ0n) is 10.2. The summed E-state index contributed by atoms with van der Waals surface area (Å²) in [5.74, 6) is -3.40. The maximum absolute atomic E-state index is 11.2. The Hall–Kier alpha value is -2.15. The van der Waals surface area contributed by atoms with Gasteiger partial charge in [0.15, 0.2) is 5.69 Å². The van der Waals surface area contributed by atoms with E-state index in [2.05, 4.69) is 4.85 Å². The number of carbonyl (C=O) groups is 2. The smallest absolute Gasteiger partial charge is 0.377 e. The van der Waals surface area contributed by atoms with Crippen LogP contribution in [0.1, 0.15) is 15.8 Å². The second-order valence-electron chi connectivity index (χ2n) is 1.97. The third-order valence-electron chi connectivity index (χ3n) is 1.14. The SMILES string of the molecule is [2H]c1c([2H])c([N+]#[C-])c([2H])c([13C](=O)C(=O)O)c1[2H]. The molecule has 64 valence electrons. The first-order valence-electron chi connectivity index (χ1n) is 5.08. The normalized spacial score (nSPS) is 13.2. The van der Waals surface area contributed by atoms with Crippen molar-refractivity contribution in [3.8, 4) is 0 Å². The van der Waals surface area contributed by atoms with Crippen LogP contribution in [-0.4, -0.2) is 16.9 Å². The lowest BCUT2D eigenvalue weighted by molar-refractivity contribution is -0.131. The Balaban J connectivity index is 3.75. The fourth-order valence-electron chi connectivity index (χ4n) is 0.610. The molecule has 0 spiro atoms. The van der Waals surface area contributed by atoms with Crippen molar-refractivity contribution >= 4 is 17.4 Å². The van der Waals surface area contributed by atoms with E-state index in [1.165, 1.54) is 0 Å². The highest BCUT2D eigenvalue weighted by Gasteiger charge is 2.13. The summed E-state index contributed by atoms with van der Waals surface area (Å²) in [7, 11) is 0. The molecule has 0 bridgehead atoms. The molecule has 1 N–H and O–H groups in total. The van der Waals surface area contributed by atoms with Gasteiger partial charge in [0, 0.05) is 8.30 Å². The Kier molecular flexibility index (Phi) is 1.28. The Bertz CT molecular complexity index is 577. The fourth-order valence-corrected chi connectivity index (χ4v) is 0.610. The number of carbonyl (C=O) groups excluding carboxylic acids is 1. The summed E-state index contributed by atoms with van der Waals surface area (Å²) in [4.78, 5) is 24.5. The van der Waals surface area contributed by atoms with Crippen LogP contribution < -0.4 is 0 Å². The molecule has 0 aromatic heterocycles. The Labute approximate surface area is 79.9 Å². The van der Waals surface area contributed by atoms with Crippen LogP contribution in [0.25, 0.3) is 4.85 Å². The second kappa shape index (κ2) is 3.50. The zero-order chi connectivity index (χ0) is 13.3. The van der Waals surface area contributed by atoms with Crippen molar-refractivity contribution in [2.45, 2.75) is 0 Å². The van der Waals surface area contributed by atoms with Crippen molar-refractivity contribution < 1.29 is 20.2 Å². The number of Topliss-reactive ketones (excluding diaryl/α,β-unsaturated/α-hetero) is 1. The van der Waals surface area contributed by atoms with E-state index in [1.54, 1.807) is 0 Å². The summed E-state index contributed by atoms with van der Waals surface area (Å²) in [5.41, 5.74) is -1.43. The molecule has 0 unspecified atom stereocenters. The van der Waals surface area contributed by atoms with E-state index >= 15 is 0 Å². The molecule has 1 aromatic rings. The molecule has 0 aliphatic rings. The molecule has 0 saturated heterocycles. The molecule has 0 atom stereocenters. The molecular weight excluding hydrogens is 171 g/mol. The minimum Gasteiger partial charge on any atom is -0.475 e. The maximum atomic E-state index is 11.2. The van der Waals surface area contributed by atoms with E-state index in [1.807, 2.05) is 0 Å². The van der Waals surface area contributed by atoms with E-state index in [0.29, 0.717) is 0 Å². The Morgan fingerprint density at radius 2 is 2.23 bits per heavy atom. The van der Waals surface area contributed by atoms with Gasteiger partial charge in [-0.15, -0.1) is 0 Å². The fraction of sp³-hybridized carbons (Fsp3) is 0. The van der Waals surface area contributed by atoms with E-state index < -0.39 is 47.2 Å². The van der Waals surface area contributed by atoms with Gasteiger partial charge in [0.25, 0.3) is 5.78 Å². The van der Waals surface area contributed by atoms with E-state index in [4.69, 9.17) is 17.2 Å². The molecule has 0 amide bonds. The van der Waals surface area contributed by atoms with Crippen LogP contribution in [0.2, 0.25) is 0 Å². The highest BCUT2D eigenvalue weighted by Crippen LogP contribution is 2.13. The number of hydrogen-bond donors (Lipinski definition) is 1. The standard InChI is InChI=1S/C9H5NO3/c1-10-7-4-2-3-6(5-7)8(11)9(12)13/h2-5H,(H,12,13)/i2D,3D,4D,5D,8+1. The van der Waals surface area contributed by atoms with Crippen molar-refractivity contribution in [3.05, 3.63) is 41.2 Å². The van der Waals surface area contributed by atoms with E-state index in [9.17, 15) is 9.59 Å². The lowest BCUT2D eigenvalue weighted by Gasteiger charge is -1.95. The molecule has 0 heterocycles. The lowest BCUT2D eigenvalue weighted by atomic mass is 10.2. The number of aliphatic carboxylic acids is 1. The molecule has 13 heavy (non-hydrogen) atoms. The minimum absolute atomic E-state index is 0.601. The molecule has 0 radical (unpaired) electrons. The summed E-state index contributed by atoms with van der Waals surface area (Å²) in [6, 6.07) is -3.01. The molecule has 0 saturated carbocycles. The third-order valence-corrected chi connectivity index (χ3v) is 1.14. The molecule has 4 nitrogen and oxygen atoms in total. The lowest BCUT2D eigenvalue weighted by Crippen LogP contribution is -2.12. The van der Waals surface area contributed by atoms with Gasteiger partial charge in [-0.1, -0.05) is 18.1 Å². The van der Waals surface area contributed by atoms with Gasteiger partial charge in [-0.3, -0.25) is 4.79 Å². The molecule has 0 aliphatic heterocycles. The van der Waals surface area contributed by atoms with Gasteiger partial charge in [-0.25, -0.2) is 9.64 Å². The maximum Gasteiger partial charge on any atom is 0.377 e. The Morgan fingerprint density at radius 1 is 1.54 bits per heavy atom. The number of rotatable bonds is 2. The number of ketones is 1. The van der Waals surface area contributed by atoms with Crippen molar-refractivity contribution in [2.75, 3.05) is 0 Å². The molecule has 0 fully saturated rings. The van der Waals surface area contributed by atoms with Gasteiger partial charge in [0.05, 0.1) is 9.31 Å². The molecule has 4 heteroatoms. The van der Waals surface area contributed by atoms with Gasteiger partial charge >= 0.3 is 5.97 Å². The Morgan fingerprint density at radius 3 is 2.77 bits per heavy atom. The van der Waals surface area contributed by atoms with Gasteiger partial charge < -0.3 is 5.11 Å². The van der Waals surface area contributed by atoms with Crippen LogP contribution in [0.4, 0.5) is 5.69 Å². The summed E-state index contributed by atoms with van der Waals surface area (Å²) in [6.45, 7) is 6.72. The highest BCUT2D eigenvalue weighted by molar-refractivity contribution is 6.39. The number of nitrogens with zero attached hydrogens (tertiary/aromatic N) is 1. The van der Waals surface area contributed by atoms with Crippen LogP contribution in [-0.2, 0) is 4.79 Å². The summed E-state index contributed by atoms with van der Waals surface area (Å²) < 4.78 is 29.4. The van der Waals surface area contributed by atoms with Crippen LogP contribution >= 0.6 is 0 Å². The van der Waals surface area contributed by atoms with Crippen molar-refractivity contribution in [1.29, 1.82) is 0 Å². The summed E-state index contributed by atoms with van der Waals surface area (Å²) in [6.07, 6.45) is 0. The van der Waals surface area contributed by atoms with Crippen molar-refractivity contribution in [3.63, 3.8) is 0 Å². The number of benzene rings is 1. The van der Waals surface area contributed by atoms with Crippen LogP contribution in [0.3, 0.4) is 0 Å². The quantitative estimate of drug-likeness (QED) is 0.325. The predicted molar refractivity (Wildman–Crippen MR) is 44.7 cm³/mol. The van der Waals surface area contributed by atoms with Crippen LogP contribution in [0.5, 0.6) is 0 Å². The van der Waals surface area contributed by atoms with Crippen molar-refractivity contribution in [1.82, 2.24) is 0 Å². The molecular formula is C9H5NO3. The predicted octanol–water partition coefficient (Wildman–Crippen LogP) is 1.50. The van der Waals surface area contributed by atoms with Crippen LogP contribution in [0.15, 0.2) is 24.2 Å². The third kappa shape index (κ3) is 1.91. The summed E-state index contributed by atoms with van der Waals surface area (Å²) >= 11 is 0. The monoisotopic (exact) mass is 180 g/mol. The van der Waals surface area contributed by atoms with Crippen LogP contribution in [0, 0.1) is 6.57 Å². The van der Waals surface area contributed by atoms with Gasteiger partial charge in [-0.05, 0) is 6.04 Å². The topological polar surface area (TPSA) is 58.7 Å². The number of carboxylic acids is 1. The largest absolute Gasteiger partial charge is 0.475 e. The number of carboxylic acid groups (broad SMARTS) is 1. The first-order valence-corrected chi connectivity index (χ1v) is 3.08. The number of hydrogen-bond acceptors (Lipinski definition) is 2. The van der Waals surface area contributed by atoms with E-state index in [0.717, 1.165) is 0 Å². The van der Waals surface area contributed by atoms with Gasteiger partial charge in [0.2, 0.25) is 0 Å². The second-order valence-corrected chi connectivity index (χ2v) is 1.97. The van der Waals surface area contributed by atoms with E-state index in [-0.39, 0.29) is 0 Å².